The summed E-state index contributed by atoms with van der Waals surface area (Å²) < 4.78 is 28.7. The third-order valence-electron chi connectivity index (χ3n) is 4.16. The quantitative estimate of drug-likeness (QED) is 0.902. The highest BCUT2D eigenvalue weighted by Crippen LogP contribution is 2.26. The zero-order valence-corrected chi connectivity index (χ0v) is 13.1. The van der Waals surface area contributed by atoms with Gasteiger partial charge < -0.3 is 9.67 Å². The first-order valence-corrected chi connectivity index (χ1v) is 8.77. The summed E-state index contributed by atoms with van der Waals surface area (Å²) in [6.07, 6.45) is 4.69. The number of hydrogen-bond acceptors (Lipinski definition) is 3. The molecular formula is C14H24N2O3S. The molecule has 1 aromatic rings. The second kappa shape index (κ2) is 6.28. The van der Waals surface area contributed by atoms with Crippen molar-refractivity contribution in [1.82, 2.24) is 8.87 Å². The monoisotopic (exact) mass is 300 g/mol. The minimum Gasteiger partial charge on any atom is -0.390 e. The molecule has 1 fully saturated rings. The van der Waals surface area contributed by atoms with Gasteiger partial charge in [0.1, 0.15) is 4.90 Å². The molecule has 2 heterocycles. The van der Waals surface area contributed by atoms with Gasteiger partial charge in [-0.1, -0.05) is 13.3 Å². The van der Waals surface area contributed by atoms with Gasteiger partial charge in [-0.15, -0.1) is 0 Å². The number of hydrogen-bond donors (Lipinski definition) is 1. The minimum absolute atomic E-state index is 0.138. The Hall–Kier alpha value is -0.850. The zero-order valence-electron chi connectivity index (χ0n) is 12.2. The van der Waals surface area contributed by atoms with Crippen LogP contribution in [0.2, 0.25) is 0 Å². The molecule has 1 atom stereocenters. The molecule has 0 amide bonds. The van der Waals surface area contributed by atoms with Gasteiger partial charge in [-0.2, -0.15) is 4.31 Å². The van der Waals surface area contributed by atoms with Crippen LogP contribution < -0.4 is 0 Å². The standard InChI is InChI=1S/C14H24N2O3S/c1-3-12-6-5-7-16(9-12)20(18,19)14-8-13(11-17)15(4-2)10-14/h8,10,12,17H,3-7,9,11H2,1-2H3. The molecule has 1 N–H and O–H groups in total. The predicted octanol–water partition coefficient (Wildman–Crippen LogP) is 1.81. The van der Waals surface area contributed by atoms with E-state index in [1.54, 1.807) is 21.1 Å². The molecule has 0 bridgehead atoms. The smallest absolute Gasteiger partial charge is 0.244 e. The van der Waals surface area contributed by atoms with E-state index in [0.29, 0.717) is 36.1 Å². The Kier molecular flexibility index (Phi) is 4.88. The van der Waals surface area contributed by atoms with Gasteiger partial charge in [-0.05, 0) is 31.7 Å². The second-order valence-electron chi connectivity index (χ2n) is 5.39. The van der Waals surface area contributed by atoms with Crippen molar-refractivity contribution in [1.29, 1.82) is 0 Å². The van der Waals surface area contributed by atoms with E-state index < -0.39 is 10.0 Å². The van der Waals surface area contributed by atoms with Crippen molar-refractivity contribution >= 4 is 10.0 Å². The molecule has 1 aliphatic rings. The lowest BCUT2D eigenvalue weighted by Gasteiger charge is -2.31. The van der Waals surface area contributed by atoms with E-state index in [1.165, 1.54) is 0 Å². The molecule has 0 aliphatic carbocycles. The van der Waals surface area contributed by atoms with E-state index in [4.69, 9.17) is 0 Å². The number of aliphatic hydroxyl groups excluding tert-OH is 1. The van der Waals surface area contributed by atoms with Crippen LogP contribution in [0.25, 0.3) is 0 Å². The van der Waals surface area contributed by atoms with Crippen LogP contribution in [0.1, 0.15) is 38.8 Å². The average molecular weight is 300 g/mol. The lowest BCUT2D eigenvalue weighted by atomic mass is 9.97. The van der Waals surface area contributed by atoms with Crippen LogP contribution in [0.15, 0.2) is 17.2 Å². The highest BCUT2D eigenvalue weighted by Gasteiger charge is 2.30. The molecule has 5 nitrogen and oxygen atoms in total. The molecule has 0 spiro atoms. The number of aliphatic hydroxyl groups is 1. The van der Waals surface area contributed by atoms with Gasteiger partial charge in [0.15, 0.2) is 0 Å². The van der Waals surface area contributed by atoms with Crippen LogP contribution in [-0.2, 0) is 23.2 Å². The van der Waals surface area contributed by atoms with Gasteiger partial charge >= 0.3 is 0 Å². The Bertz CT molecular complexity index is 529. The summed E-state index contributed by atoms with van der Waals surface area (Å²) in [5, 5.41) is 9.29. The fraction of sp³-hybridized carbons (Fsp3) is 0.714. The molecule has 1 unspecified atom stereocenters. The van der Waals surface area contributed by atoms with Crippen molar-refractivity contribution in [3.8, 4) is 0 Å². The third kappa shape index (κ3) is 2.92. The summed E-state index contributed by atoms with van der Waals surface area (Å²) in [7, 11) is -3.43. The summed E-state index contributed by atoms with van der Waals surface area (Å²) in [5.41, 5.74) is 0.648. The van der Waals surface area contributed by atoms with Crippen LogP contribution in [0.5, 0.6) is 0 Å². The SMILES string of the molecule is CCC1CCCN(S(=O)(=O)c2cc(CO)n(CC)c2)C1. The van der Waals surface area contributed by atoms with Crippen LogP contribution in [0.3, 0.4) is 0 Å². The van der Waals surface area contributed by atoms with Crippen LogP contribution in [0, 0.1) is 5.92 Å². The van der Waals surface area contributed by atoms with Gasteiger partial charge in [0.2, 0.25) is 10.0 Å². The number of aromatic nitrogens is 1. The third-order valence-corrected chi connectivity index (χ3v) is 5.99. The minimum atomic E-state index is -3.43. The van der Waals surface area contributed by atoms with Gasteiger partial charge in [-0.25, -0.2) is 8.42 Å². The van der Waals surface area contributed by atoms with E-state index in [2.05, 4.69) is 6.92 Å². The molecule has 1 saturated heterocycles. The van der Waals surface area contributed by atoms with Crippen LogP contribution in [0.4, 0.5) is 0 Å². The fourth-order valence-electron chi connectivity index (χ4n) is 2.82. The maximum absolute atomic E-state index is 12.7. The molecule has 6 heteroatoms. The van der Waals surface area contributed by atoms with Gasteiger partial charge in [0.25, 0.3) is 0 Å². The van der Waals surface area contributed by atoms with Gasteiger partial charge in [0, 0.05) is 31.5 Å². The van der Waals surface area contributed by atoms with Crippen molar-refractivity contribution < 1.29 is 13.5 Å². The summed E-state index contributed by atoms with van der Waals surface area (Å²) >= 11 is 0. The Morgan fingerprint density at radius 3 is 2.70 bits per heavy atom. The van der Waals surface area contributed by atoms with Crippen molar-refractivity contribution in [2.24, 2.45) is 5.92 Å². The van der Waals surface area contributed by atoms with E-state index in [-0.39, 0.29) is 6.61 Å². The summed E-state index contributed by atoms with van der Waals surface area (Å²) in [4.78, 5) is 0.306. The van der Waals surface area contributed by atoms with E-state index in [9.17, 15) is 13.5 Å². The zero-order chi connectivity index (χ0) is 14.8. The fourth-order valence-corrected chi connectivity index (χ4v) is 4.44. The molecular weight excluding hydrogens is 276 g/mol. The average Bonchev–Trinajstić information content (AvgIpc) is 2.91. The van der Waals surface area contributed by atoms with Crippen LogP contribution >= 0.6 is 0 Å². The van der Waals surface area contributed by atoms with Crippen molar-refractivity contribution in [3.63, 3.8) is 0 Å². The van der Waals surface area contributed by atoms with Crippen molar-refractivity contribution in [3.05, 3.63) is 18.0 Å². The van der Waals surface area contributed by atoms with E-state index in [0.717, 1.165) is 19.3 Å². The van der Waals surface area contributed by atoms with Crippen molar-refractivity contribution in [2.45, 2.75) is 51.2 Å². The normalized spacial score (nSPS) is 21.2. The molecule has 1 aliphatic heterocycles. The number of aryl methyl sites for hydroxylation is 1. The number of sulfonamides is 1. The Morgan fingerprint density at radius 2 is 2.15 bits per heavy atom. The first-order chi connectivity index (χ1) is 9.52. The van der Waals surface area contributed by atoms with Gasteiger partial charge in [0.05, 0.1) is 6.61 Å². The number of nitrogens with zero attached hydrogens (tertiary/aromatic N) is 2. The molecule has 0 radical (unpaired) electrons. The Balaban J connectivity index is 2.27. The lowest BCUT2D eigenvalue weighted by molar-refractivity contribution is 0.261. The van der Waals surface area contributed by atoms with E-state index >= 15 is 0 Å². The number of rotatable bonds is 5. The molecule has 20 heavy (non-hydrogen) atoms. The highest BCUT2D eigenvalue weighted by molar-refractivity contribution is 7.89. The topological polar surface area (TPSA) is 62.5 Å². The first kappa shape index (κ1) is 15.5. The summed E-state index contributed by atoms with van der Waals surface area (Å²) in [5.74, 6) is 0.462. The largest absolute Gasteiger partial charge is 0.390 e. The molecule has 2 rings (SSSR count). The Labute approximate surface area is 121 Å². The van der Waals surface area contributed by atoms with Gasteiger partial charge in [-0.3, -0.25) is 0 Å². The predicted molar refractivity (Wildman–Crippen MR) is 77.8 cm³/mol. The Morgan fingerprint density at radius 1 is 1.40 bits per heavy atom. The molecule has 0 saturated carbocycles. The molecule has 1 aromatic heterocycles. The second-order valence-corrected chi connectivity index (χ2v) is 7.33. The highest BCUT2D eigenvalue weighted by atomic mass is 32.2. The van der Waals surface area contributed by atoms with E-state index in [1.807, 2.05) is 6.92 Å². The summed E-state index contributed by atoms with van der Waals surface area (Å²) in [6, 6.07) is 1.59. The lowest BCUT2D eigenvalue weighted by Crippen LogP contribution is -2.39. The maximum atomic E-state index is 12.7. The summed E-state index contributed by atoms with van der Waals surface area (Å²) in [6.45, 7) is 5.78. The number of piperidine rings is 1. The maximum Gasteiger partial charge on any atom is 0.244 e. The van der Waals surface area contributed by atoms with Crippen molar-refractivity contribution in [2.75, 3.05) is 13.1 Å². The first-order valence-electron chi connectivity index (χ1n) is 7.33. The van der Waals surface area contributed by atoms with Crippen LogP contribution in [-0.4, -0.2) is 35.5 Å². The molecule has 0 aromatic carbocycles. The molecule has 114 valence electrons.